The van der Waals surface area contributed by atoms with Gasteiger partial charge in [0.25, 0.3) is 0 Å². The summed E-state index contributed by atoms with van der Waals surface area (Å²) in [5.74, 6) is 0. The summed E-state index contributed by atoms with van der Waals surface area (Å²) >= 11 is 0. The van der Waals surface area contributed by atoms with E-state index in [0.717, 1.165) is 22.8 Å². The van der Waals surface area contributed by atoms with Crippen LogP contribution in [-0.4, -0.2) is 4.98 Å². The Bertz CT molecular complexity index is 871. The molecule has 3 rings (SSSR count). The molecule has 2 N–H and O–H groups in total. The summed E-state index contributed by atoms with van der Waals surface area (Å²) in [5.41, 5.74) is 5.06. The molecule has 0 radical (unpaired) electrons. The van der Waals surface area contributed by atoms with Crippen LogP contribution in [0.15, 0.2) is 66.7 Å². The van der Waals surface area contributed by atoms with Gasteiger partial charge in [-0.15, -0.1) is 0 Å². The van der Waals surface area contributed by atoms with Crippen molar-refractivity contribution < 1.29 is 0 Å². The van der Waals surface area contributed by atoms with E-state index in [9.17, 15) is 0 Å². The average Bonchev–Trinajstić information content (AvgIpc) is 2.72. The number of aromatic nitrogens is 1. The fourth-order valence-electron chi connectivity index (χ4n) is 2.44. The monoisotopic (exact) mass is 339 g/mol. The van der Waals surface area contributed by atoms with Crippen molar-refractivity contribution in [2.24, 2.45) is 0 Å². The Morgan fingerprint density at radius 2 is 1.08 bits per heavy atom. The second-order valence-corrected chi connectivity index (χ2v) is 5.71. The maximum atomic E-state index is 8.83. The molecule has 0 fully saturated rings. The number of nitrogens with zero attached hydrogens (tertiary/aromatic N) is 3. The Morgan fingerprint density at radius 3 is 1.46 bits per heavy atom. The molecular formula is C21H17N5. The lowest BCUT2D eigenvalue weighted by Gasteiger charge is -2.09. The van der Waals surface area contributed by atoms with Gasteiger partial charge in [-0.05, 0) is 60.7 Å². The van der Waals surface area contributed by atoms with Gasteiger partial charge in [-0.1, -0.05) is 6.07 Å². The van der Waals surface area contributed by atoms with Gasteiger partial charge >= 0.3 is 0 Å². The number of hydrogen-bond donors (Lipinski definition) is 2. The minimum Gasteiger partial charge on any atom is -0.379 e. The fourth-order valence-corrected chi connectivity index (χ4v) is 2.44. The highest BCUT2D eigenvalue weighted by Gasteiger charge is 2.00. The first kappa shape index (κ1) is 17.0. The van der Waals surface area contributed by atoms with Crippen LogP contribution in [0.3, 0.4) is 0 Å². The van der Waals surface area contributed by atoms with Crippen molar-refractivity contribution in [2.45, 2.75) is 13.1 Å². The third-order valence-electron chi connectivity index (χ3n) is 3.84. The van der Waals surface area contributed by atoms with Crippen LogP contribution in [0.4, 0.5) is 11.4 Å². The number of nitrogens with one attached hydrogen (secondary N) is 2. The molecule has 0 aliphatic rings. The van der Waals surface area contributed by atoms with Gasteiger partial charge in [0.2, 0.25) is 0 Å². The number of pyridine rings is 1. The molecule has 0 aliphatic carbocycles. The molecule has 0 bridgehead atoms. The minimum absolute atomic E-state index is 0.608. The van der Waals surface area contributed by atoms with Crippen molar-refractivity contribution >= 4 is 11.4 Å². The summed E-state index contributed by atoms with van der Waals surface area (Å²) in [6.45, 7) is 1.22. The van der Waals surface area contributed by atoms with Crippen LogP contribution in [-0.2, 0) is 13.1 Å². The van der Waals surface area contributed by atoms with E-state index in [4.69, 9.17) is 10.5 Å². The molecule has 0 unspecified atom stereocenters. The lowest BCUT2D eigenvalue weighted by atomic mass is 10.2. The molecule has 0 spiro atoms. The Hall–Kier alpha value is -3.83. The first-order chi connectivity index (χ1) is 12.8. The van der Waals surface area contributed by atoms with Crippen molar-refractivity contribution in [1.29, 1.82) is 10.5 Å². The van der Waals surface area contributed by atoms with Gasteiger partial charge in [0.1, 0.15) is 0 Å². The molecule has 0 atom stereocenters. The smallest absolute Gasteiger partial charge is 0.0991 e. The Morgan fingerprint density at radius 1 is 0.654 bits per heavy atom. The maximum absolute atomic E-state index is 8.83. The van der Waals surface area contributed by atoms with Crippen LogP contribution in [0, 0.1) is 22.7 Å². The molecule has 0 aliphatic heterocycles. The van der Waals surface area contributed by atoms with E-state index in [1.54, 1.807) is 24.3 Å². The second kappa shape index (κ2) is 8.32. The zero-order valence-electron chi connectivity index (χ0n) is 14.1. The van der Waals surface area contributed by atoms with Gasteiger partial charge in [-0.3, -0.25) is 4.98 Å². The molecule has 5 nitrogen and oxygen atoms in total. The minimum atomic E-state index is 0.608. The number of hydrogen-bond acceptors (Lipinski definition) is 5. The van der Waals surface area contributed by atoms with E-state index in [0.29, 0.717) is 24.2 Å². The molecule has 3 aromatic rings. The van der Waals surface area contributed by atoms with Gasteiger partial charge in [-0.25, -0.2) is 0 Å². The highest BCUT2D eigenvalue weighted by Crippen LogP contribution is 2.12. The van der Waals surface area contributed by atoms with E-state index in [2.05, 4.69) is 27.8 Å². The topological polar surface area (TPSA) is 84.5 Å². The number of nitriles is 2. The molecule has 2 aromatic carbocycles. The predicted molar refractivity (Wildman–Crippen MR) is 101 cm³/mol. The van der Waals surface area contributed by atoms with Crippen molar-refractivity contribution in [3.63, 3.8) is 0 Å². The Kier molecular flexibility index (Phi) is 5.44. The number of rotatable bonds is 6. The van der Waals surface area contributed by atoms with Crippen molar-refractivity contribution in [2.75, 3.05) is 10.6 Å². The van der Waals surface area contributed by atoms with E-state index < -0.39 is 0 Å². The van der Waals surface area contributed by atoms with Crippen LogP contribution in [0.1, 0.15) is 22.5 Å². The standard InChI is InChI=1S/C21H17N5/c22-12-16-4-8-18(9-5-16)24-14-20-2-1-3-21(26-20)15-25-19-10-6-17(13-23)7-11-19/h1-11,24-25H,14-15H2. The van der Waals surface area contributed by atoms with Gasteiger partial charge < -0.3 is 10.6 Å². The normalized spacial score (nSPS) is 9.77. The van der Waals surface area contributed by atoms with Crippen molar-refractivity contribution in [3.8, 4) is 12.1 Å². The zero-order chi connectivity index (χ0) is 18.2. The maximum Gasteiger partial charge on any atom is 0.0991 e. The molecular weight excluding hydrogens is 322 g/mol. The zero-order valence-corrected chi connectivity index (χ0v) is 14.1. The summed E-state index contributed by atoms with van der Waals surface area (Å²) in [6, 6.07) is 24.8. The summed E-state index contributed by atoms with van der Waals surface area (Å²) < 4.78 is 0. The lowest BCUT2D eigenvalue weighted by molar-refractivity contribution is 0.966. The Labute approximate surface area is 152 Å². The van der Waals surface area contributed by atoms with Crippen molar-refractivity contribution in [3.05, 3.63) is 89.2 Å². The van der Waals surface area contributed by atoms with Crippen LogP contribution in [0.5, 0.6) is 0 Å². The molecule has 0 saturated carbocycles. The quantitative estimate of drug-likeness (QED) is 0.708. The van der Waals surface area contributed by atoms with Gasteiger partial charge in [0.05, 0.1) is 47.7 Å². The van der Waals surface area contributed by atoms with E-state index in [1.807, 2.05) is 42.5 Å². The average molecular weight is 339 g/mol. The van der Waals surface area contributed by atoms with Crippen LogP contribution < -0.4 is 10.6 Å². The van der Waals surface area contributed by atoms with Crippen LogP contribution in [0.25, 0.3) is 0 Å². The fraction of sp³-hybridized carbons (Fsp3) is 0.0952. The third-order valence-corrected chi connectivity index (χ3v) is 3.84. The molecule has 26 heavy (non-hydrogen) atoms. The van der Waals surface area contributed by atoms with Gasteiger partial charge in [0, 0.05) is 11.4 Å². The molecule has 0 saturated heterocycles. The van der Waals surface area contributed by atoms with E-state index in [-0.39, 0.29) is 0 Å². The van der Waals surface area contributed by atoms with E-state index >= 15 is 0 Å². The van der Waals surface area contributed by atoms with Crippen LogP contribution in [0.2, 0.25) is 0 Å². The van der Waals surface area contributed by atoms with Crippen LogP contribution >= 0.6 is 0 Å². The molecule has 1 heterocycles. The molecule has 1 aromatic heterocycles. The molecule has 126 valence electrons. The number of benzene rings is 2. The predicted octanol–water partition coefficient (Wildman–Crippen LogP) is 4.05. The largest absolute Gasteiger partial charge is 0.379 e. The second-order valence-electron chi connectivity index (χ2n) is 5.71. The highest BCUT2D eigenvalue weighted by atomic mass is 14.9. The molecule has 5 heteroatoms. The van der Waals surface area contributed by atoms with Gasteiger partial charge in [-0.2, -0.15) is 10.5 Å². The highest BCUT2D eigenvalue weighted by molar-refractivity contribution is 5.48. The van der Waals surface area contributed by atoms with E-state index in [1.165, 1.54) is 0 Å². The summed E-state index contributed by atoms with van der Waals surface area (Å²) in [6.07, 6.45) is 0. The van der Waals surface area contributed by atoms with Gasteiger partial charge in [0.15, 0.2) is 0 Å². The third kappa shape index (κ3) is 4.59. The number of anilines is 2. The Balaban J connectivity index is 1.57. The first-order valence-corrected chi connectivity index (χ1v) is 8.20. The SMILES string of the molecule is N#Cc1ccc(NCc2cccc(CNc3ccc(C#N)cc3)n2)cc1. The summed E-state index contributed by atoms with van der Waals surface area (Å²) in [7, 11) is 0. The lowest BCUT2D eigenvalue weighted by Crippen LogP contribution is -2.06. The molecule has 0 amide bonds. The first-order valence-electron chi connectivity index (χ1n) is 8.20. The summed E-state index contributed by atoms with van der Waals surface area (Å²) in [4.78, 5) is 4.64. The summed E-state index contributed by atoms with van der Waals surface area (Å²) in [5, 5.41) is 24.3. The van der Waals surface area contributed by atoms with Crippen molar-refractivity contribution in [1.82, 2.24) is 4.98 Å².